The first kappa shape index (κ1) is 39.9. The fraction of sp³-hybridized carbons (Fsp3) is 1.00. The molecule has 0 spiro atoms. The lowest BCUT2D eigenvalue weighted by atomic mass is 10.0. The summed E-state index contributed by atoms with van der Waals surface area (Å²) in [6.45, 7) is 8.00. The summed E-state index contributed by atoms with van der Waals surface area (Å²) in [6.07, 6.45) is 46.3. The van der Waals surface area contributed by atoms with Crippen molar-refractivity contribution in [2.75, 3.05) is 26.8 Å². The minimum Gasteiger partial charge on any atom is -0.314 e. The third-order valence-corrected chi connectivity index (χ3v) is 9.54. The lowest BCUT2D eigenvalue weighted by Gasteiger charge is -2.33. The van der Waals surface area contributed by atoms with Crippen LogP contribution in [-0.2, 0) is 0 Å². The van der Waals surface area contributed by atoms with Crippen molar-refractivity contribution < 1.29 is 4.48 Å². The molecule has 2 heteroatoms. The second-order valence-electron chi connectivity index (χ2n) is 13.9. The zero-order valence-corrected chi connectivity index (χ0v) is 28.8. The van der Waals surface area contributed by atoms with Crippen LogP contribution in [0.15, 0.2) is 0 Å². The normalized spacial score (nSPS) is 12.0. The first-order chi connectivity index (χ1) is 19.7. The van der Waals surface area contributed by atoms with E-state index in [4.69, 9.17) is 5.73 Å². The minimum absolute atomic E-state index is 0.817. The van der Waals surface area contributed by atoms with E-state index in [1.807, 2.05) is 0 Å². The Kier molecular flexibility index (Phi) is 33.4. The van der Waals surface area contributed by atoms with Crippen LogP contribution in [0.25, 0.3) is 0 Å². The highest BCUT2D eigenvalue weighted by Crippen LogP contribution is 2.16. The first-order valence-corrected chi connectivity index (χ1v) is 19.2. The predicted molar refractivity (Wildman–Crippen MR) is 184 cm³/mol. The van der Waals surface area contributed by atoms with Gasteiger partial charge >= 0.3 is 0 Å². The zero-order valence-electron chi connectivity index (χ0n) is 28.8. The van der Waals surface area contributed by atoms with Crippen LogP contribution in [0.4, 0.5) is 0 Å². The molecule has 242 valence electrons. The Labute approximate surface area is 256 Å². The van der Waals surface area contributed by atoms with Gasteiger partial charge in [-0.1, -0.05) is 194 Å². The number of quaternary nitrogens is 1. The molecule has 0 saturated heterocycles. The van der Waals surface area contributed by atoms with E-state index in [0.29, 0.717) is 0 Å². The molecule has 0 heterocycles. The summed E-state index contributed by atoms with van der Waals surface area (Å²) in [7, 11) is 2.40. The van der Waals surface area contributed by atoms with Gasteiger partial charge < -0.3 is 4.48 Å². The van der Waals surface area contributed by atoms with Crippen molar-refractivity contribution in [1.29, 1.82) is 0 Å². The van der Waals surface area contributed by atoms with Crippen molar-refractivity contribution in [2.45, 2.75) is 219 Å². The smallest absolute Gasteiger partial charge is 0.129 e. The number of unbranched alkanes of at least 4 members (excludes halogenated alkanes) is 30. The van der Waals surface area contributed by atoms with Crippen molar-refractivity contribution in [3.8, 4) is 0 Å². The molecule has 0 rings (SSSR count). The molecule has 0 radical (unpaired) electrons. The quantitative estimate of drug-likeness (QED) is 0.0461. The Balaban J connectivity index is 3.38. The maximum atomic E-state index is 6.21. The third-order valence-electron chi connectivity index (χ3n) is 9.54. The van der Waals surface area contributed by atoms with E-state index in [9.17, 15) is 0 Å². The van der Waals surface area contributed by atoms with Gasteiger partial charge in [0.1, 0.15) is 6.67 Å². The lowest BCUT2D eigenvalue weighted by molar-refractivity contribution is -0.909. The largest absolute Gasteiger partial charge is 0.314 e. The van der Waals surface area contributed by atoms with Crippen LogP contribution in [0.3, 0.4) is 0 Å². The molecule has 0 atom stereocenters. The summed E-state index contributed by atoms with van der Waals surface area (Å²) in [4.78, 5) is 0. The van der Waals surface area contributed by atoms with E-state index in [2.05, 4.69) is 20.9 Å². The summed E-state index contributed by atoms with van der Waals surface area (Å²) >= 11 is 0. The molecule has 0 unspecified atom stereocenters. The Morgan fingerprint density at radius 3 is 0.650 bits per heavy atom. The average molecular weight is 566 g/mol. The molecule has 0 aliphatic carbocycles. The Bertz CT molecular complexity index is 413. The number of hydrogen-bond donors (Lipinski definition) is 1. The Morgan fingerprint density at radius 2 is 0.475 bits per heavy atom. The second kappa shape index (κ2) is 33.4. The molecule has 2 N–H and O–H groups in total. The topological polar surface area (TPSA) is 26.0 Å². The minimum atomic E-state index is 0.817. The van der Waals surface area contributed by atoms with Crippen LogP contribution in [-0.4, -0.2) is 31.3 Å². The molecule has 0 saturated carbocycles. The lowest BCUT2D eigenvalue weighted by Crippen LogP contribution is -2.49. The summed E-state index contributed by atoms with van der Waals surface area (Å²) in [6, 6.07) is 0. The summed E-state index contributed by atoms with van der Waals surface area (Å²) in [5.41, 5.74) is 6.21. The highest BCUT2D eigenvalue weighted by Gasteiger charge is 2.18. The molecule has 2 nitrogen and oxygen atoms in total. The number of nitrogens with zero attached hydrogens (tertiary/aromatic N) is 1. The van der Waals surface area contributed by atoms with Gasteiger partial charge in [0.15, 0.2) is 0 Å². The molecule has 0 amide bonds. The van der Waals surface area contributed by atoms with Gasteiger partial charge in [0, 0.05) is 0 Å². The predicted octanol–water partition coefficient (Wildman–Crippen LogP) is 12.9. The van der Waals surface area contributed by atoms with Crippen molar-refractivity contribution in [2.24, 2.45) is 5.73 Å². The molecule has 0 aromatic rings. The van der Waals surface area contributed by atoms with Crippen LogP contribution in [0.1, 0.15) is 219 Å². The van der Waals surface area contributed by atoms with Gasteiger partial charge in [-0.2, -0.15) is 0 Å². The van der Waals surface area contributed by atoms with Gasteiger partial charge in [-0.15, -0.1) is 0 Å². The van der Waals surface area contributed by atoms with Crippen molar-refractivity contribution in [3.05, 3.63) is 0 Å². The molecule has 0 fully saturated rings. The standard InChI is InChI=1S/C38H81N2/c1-4-6-8-10-12-14-16-18-20-22-24-26-28-30-32-34-36-40(3,38-39)37-35-33-31-29-27-25-23-21-19-17-15-13-11-9-7-5-2/h4-39H2,1-3H3/q+1. The molecule has 0 aliphatic rings. The average Bonchev–Trinajstić information content (AvgIpc) is 2.96. The molecule has 40 heavy (non-hydrogen) atoms. The summed E-state index contributed by atoms with van der Waals surface area (Å²) in [5.74, 6) is 0. The molecule has 0 aliphatic heterocycles. The van der Waals surface area contributed by atoms with E-state index in [1.54, 1.807) is 0 Å². The van der Waals surface area contributed by atoms with E-state index < -0.39 is 0 Å². The number of hydrogen-bond acceptors (Lipinski definition) is 1. The third kappa shape index (κ3) is 30.9. The molecule has 0 bridgehead atoms. The SMILES string of the molecule is CCCCCCCCCCCCCCCCCC[N+](C)(CN)CCCCCCCCCCCCCCCCCC. The fourth-order valence-corrected chi connectivity index (χ4v) is 6.38. The highest BCUT2D eigenvalue weighted by atomic mass is 15.4. The van der Waals surface area contributed by atoms with Gasteiger partial charge in [0.2, 0.25) is 0 Å². The van der Waals surface area contributed by atoms with Crippen molar-refractivity contribution in [1.82, 2.24) is 0 Å². The second-order valence-corrected chi connectivity index (χ2v) is 13.9. The zero-order chi connectivity index (χ0) is 29.2. The van der Waals surface area contributed by atoms with Gasteiger partial charge in [0.25, 0.3) is 0 Å². The van der Waals surface area contributed by atoms with Gasteiger partial charge in [-0.3, -0.25) is 5.73 Å². The van der Waals surface area contributed by atoms with Crippen LogP contribution >= 0.6 is 0 Å². The maximum absolute atomic E-state index is 6.21. The van der Waals surface area contributed by atoms with Crippen LogP contribution in [0.5, 0.6) is 0 Å². The van der Waals surface area contributed by atoms with Gasteiger partial charge in [0.05, 0.1) is 20.1 Å². The summed E-state index contributed by atoms with van der Waals surface area (Å²) < 4.78 is 1.09. The summed E-state index contributed by atoms with van der Waals surface area (Å²) in [5, 5.41) is 0. The molecular formula is C38H81N2+. The van der Waals surface area contributed by atoms with Gasteiger partial charge in [-0.05, 0) is 25.7 Å². The van der Waals surface area contributed by atoms with E-state index in [0.717, 1.165) is 11.2 Å². The van der Waals surface area contributed by atoms with Crippen LogP contribution in [0, 0.1) is 0 Å². The Morgan fingerprint density at radius 1 is 0.300 bits per heavy atom. The molecule has 0 aromatic carbocycles. The van der Waals surface area contributed by atoms with E-state index in [1.165, 1.54) is 219 Å². The molecule has 0 aromatic heterocycles. The first-order valence-electron chi connectivity index (χ1n) is 19.2. The van der Waals surface area contributed by atoms with E-state index >= 15 is 0 Å². The Hall–Kier alpha value is -0.0800. The monoisotopic (exact) mass is 566 g/mol. The number of nitrogens with two attached hydrogens (primary N) is 1. The highest BCUT2D eigenvalue weighted by molar-refractivity contribution is 4.52. The van der Waals surface area contributed by atoms with Crippen molar-refractivity contribution >= 4 is 0 Å². The van der Waals surface area contributed by atoms with Crippen LogP contribution in [0.2, 0.25) is 0 Å². The van der Waals surface area contributed by atoms with Crippen molar-refractivity contribution in [3.63, 3.8) is 0 Å². The maximum Gasteiger partial charge on any atom is 0.129 e. The van der Waals surface area contributed by atoms with Gasteiger partial charge in [-0.25, -0.2) is 0 Å². The van der Waals surface area contributed by atoms with Crippen LogP contribution < -0.4 is 5.73 Å². The molecular weight excluding hydrogens is 484 g/mol. The fourth-order valence-electron chi connectivity index (χ4n) is 6.38. The van der Waals surface area contributed by atoms with E-state index in [-0.39, 0.29) is 0 Å². The number of rotatable bonds is 35.